The molecule has 0 aliphatic carbocycles. The number of hydrogen-bond donors (Lipinski definition) is 4. The lowest BCUT2D eigenvalue weighted by atomic mass is 10.4. The first-order valence-corrected chi connectivity index (χ1v) is 16.2. The minimum atomic E-state index is -1.03. The maximum Gasteiger partial charge on any atom is 0.305 e. The molecule has 0 aromatic heterocycles. The number of carbonyl (C=O) groups is 4. The van der Waals surface area contributed by atoms with Crippen molar-refractivity contribution in [2.24, 2.45) is 0 Å². The lowest BCUT2D eigenvalue weighted by Crippen LogP contribution is -2.33. The fraction of sp³-hybridized carbons (Fsp3) is 0.867. The topological polar surface area (TPSA) is 226 Å². The Balaban J connectivity index is 4.05. The molecule has 0 rings (SSSR count). The second-order valence-electron chi connectivity index (χ2n) is 9.75. The highest BCUT2D eigenvalue weighted by Crippen LogP contribution is 2.02. The van der Waals surface area contributed by atoms with Gasteiger partial charge in [0.1, 0.15) is 19.8 Å². The number of carboxylic acids is 1. The van der Waals surface area contributed by atoms with Gasteiger partial charge in [0.2, 0.25) is 17.7 Å². The van der Waals surface area contributed by atoms with Crippen LogP contribution in [-0.4, -0.2) is 188 Å². The number of carboxylic acid groups (broad SMARTS) is 1. The van der Waals surface area contributed by atoms with Crippen LogP contribution in [0.25, 0.3) is 0 Å². The number of methoxy groups -OCH3 is 2. The molecule has 0 bridgehead atoms. The van der Waals surface area contributed by atoms with E-state index in [0.717, 1.165) is 0 Å². The molecule has 0 heterocycles. The third kappa shape index (κ3) is 36.5. The van der Waals surface area contributed by atoms with Crippen molar-refractivity contribution in [1.82, 2.24) is 16.0 Å². The van der Waals surface area contributed by atoms with Crippen LogP contribution in [0.2, 0.25) is 0 Å². The molecule has 1 unspecified atom stereocenters. The van der Waals surface area contributed by atoms with Gasteiger partial charge in [-0.2, -0.15) is 0 Å². The lowest BCUT2D eigenvalue weighted by Gasteiger charge is -2.19. The van der Waals surface area contributed by atoms with E-state index < -0.39 is 18.2 Å². The molecule has 0 saturated carbocycles. The second kappa shape index (κ2) is 36.7. The molecule has 0 spiro atoms. The standard InChI is InChI=1S/C30H57N3O16/c1-39-11-13-44-17-19-46-23-26(34)32-6-9-42-16-15-41-8-4-30(49-25-28(36)31-5-3-29(37)38)48-22-21-43-10-7-33-27(35)24-47-20-18-45-14-12-40-2/h30H,3-25H2,1-2H3,(H,31,36)(H,32,34)(H,33,35)(H,37,38). The van der Waals surface area contributed by atoms with Crippen LogP contribution in [0.1, 0.15) is 12.8 Å². The van der Waals surface area contributed by atoms with Crippen molar-refractivity contribution in [2.45, 2.75) is 19.1 Å². The van der Waals surface area contributed by atoms with E-state index in [9.17, 15) is 19.2 Å². The van der Waals surface area contributed by atoms with Crippen molar-refractivity contribution < 1.29 is 76.4 Å². The fourth-order valence-corrected chi connectivity index (χ4v) is 3.27. The predicted molar refractivity (Wildman–Crippen MR) is 171 cm³/mol. The average molecular weight is 716 g/mol. The van der Waals surface area contributed by atoms with Gasteiger partial charge in [0.25, 0.3) is 0 Å². The van der Waals surface area contributed by atoms with Gasteiger partial charge in [-0.05, 0) is 0 Å². The van der Waals surface area contributed by atoms with Crippen LogP contribution < -0.4 is 16.0 Å². The average Bonchev–Trinajstić information content (AvgIpc) is 3.08. The van der Waals surface area contributed by atoms with Crippen molar-refractivity contribution in [3.8, 4) is 0 Å². The number of hydrogen-bond acceptors (Lipinski definition) is 15. The Hall–Kier alpha value is -2.56. The van der Waals surface area contributed by atoms with Gasteiger partial charge >= 0.3 is 5.97 Å². The summed E-state index contributed by atoms with van der Waals surface area (Å²) in [7, 11) is 3.17. The van der Waals surface area contributed by atoms with E-state index in [2.05, 4.69) is 16.0 Å². The van der Waals surface area contributed by atoms with Crippen LogP contribution >= 0.6 is 0 Å². The van der Waals surface area contributed by atoms with Crippen LogP contribution in [0, 0.1) is 0 Å². The molecule has 0 radical (unpaired) electrons. The first kappa shape index (κ1) is 46.4. The summed E-state index contributed by atoms with van der Waals surface area (Å²) in [6.45, 7) is 5.08. The normalized spacial score (nSPS) is 11.7. The molecular weight excluding hydrogens is 658 g/mol. The molecule has 49 heavy (non-hydrogen) atoms. The molecular formula is C30H57N3O16. The van der Waals surface area contributed by atoms with Crippen LogP contribution in [0.3, 0.4) is 0 Å². The molecule has 0 aliphatic rings. The number of aliphatic carboxylic acids is 1. The Morgan fingerprint density at radius 1 is 0.469 bits per heavy atom. The van der Waals surface area contributed by atoms with Gasteiger partial charge in [-0.25, -0.2) is 0 Å². The molecule has 0 fully saturated rings. The monoisotopic (exact) mass is 715 g/mol. The van der Waals surface area contributed by atoms with Gasteiger partial charge in [-0.3, -0.25) is 19.2 Å². The summed E-state index contributed by atoms with van der Waals surface area (Å²) in [6.07, 6.45) is -0.702. The fourth-order valence-electron chi connectivity index (χ4n) is 3.27. The summed E-state index contributed by atoms with van der Waals surface area (Å²) in [6, 6.07) is 0. The zero-order valence-electron chi connectivity index (χ0n) is 28.9. The van der Waals surface area contributed by atoms with Crippen molar-refractivity contribution in [3.63, 3.8) is 0 Å². The van der Waals surface area contributed by atoms with Gasteiger partial charge in [-0.15, -0.1) is 0 Å². The molecule has 0 aromatic carbocycles. The van der Waals surface area contributed by atoms with E-state index in [1.165, 1.54) is 0 Å². The SMILES string of the molecule is COCCOCCOCC(=O)NCCOCCOCCC(OCCOCCNC(=O)COCCOCCOC)OCC(=O)NCCC(=O)O. The minimum Gasteiger partial charge on any atom is -0.481 e. The number of amides is 3. The van der Waals surface area contributed by atoms with Crippen molar-refractivity contribution >= 4 is 23.7 Å². The van der Waals surface area contributed by atoms with E-state index in [1.54, 1.807) is 14.2 Å². The molecule has 0 aliphatic heterocycles. The highest BCUT2D eigenvalue weighted by atomic mass is 16.7. The Labute approximate surface area is 288 Å². The lowest BCUT2D eigenvalue weighted by molar-refractivity contribution is -0.168. The highest BCUT2D eigenvalue weighted by Gasteiger charge is 2.13. The number of ether oxygens (including phenoxy) is 11. The maximum atomic E-state index is 12.0. The predicted octanol–water partition coefficient (Wildman–Crippen LogP) is -2.03. The third-order valence-corrected chi connectivity index (χ3v) is 5.67. The molecule has 4 N–H and O–H groups in total. The van der Waals surface area contributed by atoms with E-state index in [-0.39, 0.29) is 84.2 Å². The molecule has 19 heteroatoms. The van der Waals surface area contributed by atoms with Crippen LogP contribution in [-0.2, 0) is 71.3 Å². The first-order valence-electron chi connectivity index (χ1n) is 16.2. The third-order valence-electron chi connectivity index (χ3n) is 5.67. The van der Waals surface area contributed by atoms with Crippen LogP contribution in [0.4, 0.5) is 0 Å². The Bertz CT molecular complexity index is 811. The number of nitrogens with one attached hydrogen (secondary N) is 3. The molecule has 19 nitrogen and oxygen atoms in total. The van der Waals surface area contributed by atoms with Crippen molar-refractivity contribution in [1.29, 1.82) is 0 Å². The van der Waals surface area contributed by atoms with Gasteiger partial charge in [0.15, 0.2) is 6.29 Å². The van der Waals surface area contributed by atoms with Gasteiger partial charge in [0.05, 0.1) is 106 Å². The zero-order chi connectivity index (χ0) is 36.0. The van der Waals surface area contributed by atoms with E-state index >= 15 is 0 Å². The molecule has 288 valence electrons. The minimum absolute atomic E-state index is 0.0193. The Morgan fingerprint density at radius 2 is 0.878 bits per heavy atom. The zero-order valence-corrected chi connectivity index (χ0v) is 28.9. The largest absolute Gasteiger partial charge is 0.481 e. The van der Waals surface area contributed by atoms with Gasteiger partial charge in [0, 0.05) is 40.3 Å². The summed E-state index contributed by atoms with van der Waals surface area (Å²) in [5, 5.41) is 16.5. The van der Waals surface area contributed by atoms with Crippen LogP contribution in [0.15, 0.2) is 0 Å². The van der Waals surface area contributed by atoms with E-state index in [4.69, 9.17) is 57.2 Å². The molecule has 3 amide bonds. The van der Waals surface area contributed by atoms with Crippen molar-refractivity contribution in [3.05, 3.63) is 0 Å². The van der Waals surface area contributed by atoms with Gasteiger partial charge in [-0.1, -0.05) is 0 Å². The summed E-state index contributed by atoms with van der Waals surface area (Å²) in [5.41, 5.74) is 0. The Morgan fingerprint density at radius 3 is 1.39 bits per heavy atom. The Kier molecular flexibility index (Phi) is 34.8. The van der Waals surface area contributed by atoms with E-state index in [0.29, 0.717) is 79.0 Å². The number of carbonyl (C=O) groups excluding carboxylic acids is 3. The summed E-state index contributed by atoms with van der Waals surface area (Å²) in [5.74, 6) is -2.04. The first-order chi connectivity index (χ1) is 23.9. The smallest absolute Gasteiger partial charge is 0.305 e. The summed E-state index contributed by atoms with van der Waals surface area (Å²) < 4.78 is 58.3. The van der Waals surface area contributed by atoms with Gasteiger partial charge < -0.3 is 73.2 Å². The maximum absolute atomic E-state index is 12.0. The van der Waals surface area contributed by atoms with Crippen molar-refractivity contribution in [2.75, 3.05) is 153 Å². The highest BCUT2D eigenvalue weighted by molar-refractivity contribution is 5.78. The quantitative estimate of drug-likeness (QED) is 0.0399. The molecule has 1 atom stereocenters. The van der Waals surface area contributed by atoms with Crippen LogP contribution in [0.5, 0.6) is 0 Å². The molecule has 0 saturated heterocycles. The number of rotatable bonds is 38. The molecule has 0 aromatic rings. The summed E-state index contributed by atoms with van der Waals surface area (Å²) in [4.78, 5) is 46.1. The second-order valence-corrected chi connectivity index (χ2v) is 9.75. The summed E-state index contributed by atoms with van der Waals surface area (Å²) >= 11 is 0. The van der Waals surface area contributed by atoms with E-state index in [1.807, 2.05) is 0 Å².